The van der Waals surface area contributed by atoms with Gasteiger partial charge in [0.25, 0.3) is 0 Å². The summed E-state index contributed by atoms with van der Waals surface area (Å²) >= 11 is 0. The highest BCUT2D eigenvalue weighted by Crippen LogP contribution is 2.37. The molecule has 2 aliphatic rings. The quantitative estimate of drug-likeness (QED) is 0.435. The number of unbranched alkanes of at least 4 members (excludes halogenated alkanes) is 1. The first-order valence-corrected chi connectivity index (χ1v) is 11.6. The first kappa shape index (κ1) is 22.8. The van der Waals surface area contributed by atoms with Gasteiger partial charge >= 0.3 is 6.09 Å². The summed E-state index contributed by atoms with van der Waals surface area (Å²) in [7, 11) is 1.61. The summed E-state index contributed by atoms with van der Waals surface area (Å²) in [6.45, 7) is 1.53. The molecule has 2 heterocycles. The Kier molecular flexibility index (Phi) is 6.96. The molecule has 2 aromatic rings. The number of aryl methyl sites for hydroxylation is 1. The standard InChI is InChI=1S/C26H30N2O5/c1-33-23-10-3-2-7-18(23)11-14-27(26(31)32)12-5-4-9-22(29)20-15-19-8-6-13-28-24(30)17-21(16-20)25(19)28/h2-3,7,10,15-16H,4-6,8-9,11-14,17H2,1H3,(H,31,32). The van der Waals surface area contributed by atoms with Crippen molar-refractivity contribution in [2.24, 2.45) is 0 Å². The van der Waals surface area contributed by atoms with Crippen molar-refractivity contribution in [3.05, 3.63) is 58.7 Å². The Morgan fingerprint density at radius 2 is 1.91 bits per heavy atom. The lowest BCUT2D eigenvalue weighted by molar-refractivity contribution is -0.117. The van der Waals surface area contributed by atoms with Crippen LogP contribution in [0.4, 0.5) is 10.5 Å². The molecule has 0 atom stereocenters. The predicted molar refractivity (Wildman–Crippen MR) is 125 cm³/mol. The Labute approximate surface area is 193 Å². The van der Waals surface area contributed by atoms with Crippen LogP contribution in [0.15, 0.2) is 36.4 Å². The summed E-state index contributed by atoms with van der Waals surface area (Å²) < 4.78 is 5.34. The van der Waals surface area contributed by atoms with Crippen LogP contribution in [0.5, 0.6) is 5.75 Å². The molecule has 0 bridgehead atoms. The highest BCUT2D eigenvalue weighted by molar-refractivity contribution is 6.05. The highest BCUT2D eigenvalue weighted by atomic mass is 16.5. The van der Waals surface area contributed by atoms with Gasteiger partial charge in [0.05, 0.1) is 19.2 Å². The van der Waals surface area contributed by atoms with E-state index in [1.807, 2.05) is 41.3 Å². The van der Waals surface area contributed by atoms with Crippen LogP contribution in [-0.2, 0) is 24.1 Å². The number of methoxy groups -OCH3 is 1. The van der Waals surface area contributed by atoms with Gasteiger partial charge in [-0.15, -0.1) is 0 Å². The molecule has 1 N–H and O–H groups in total. The monoisotopic (exact) mass is 450 g/mol. The maximum absolute atomic E-state index is 12.8. The molecular weight excluding hydrogens is 420 g/mol. The minimum absolute atomic E-state index is 0.0569. The average Bonchev–Trinajstić information content (AvgIpc) is 3.14. The van der Waals surface area contributed by atoms with E-state index in [-0.39, 0.29) is 11.7 Å². The van der Waals surface area contributed by atoms with Crippen molar-refractivity contribution >= 4 is 23.5 Å². The second-order valence-electron chi connectivity index (χ2n) is 8.68. The lowest BCUT2D eigenvalue weighted by atomic mass is 9.94. The zero-order chi connectivity index (χ0) is 23.4. The number of hydrogen-bond acceptors (Lipinski definition) is 4. The third kappa shape index (κ3) is 5.02. The van der Waals surface area contributed by atoms with Gasteiger partial charge in [-0.25, -0.2) is 4.79 Å². The van der Waals surface area contributed by atoms with E-state index >= 15 is 0 Å². The SMILES string of the molecule is COc1ccccc1CCN(CCCCC(=O)c1cc2c3c(c1)CC(=O)N3CCC2)C(=O)O. The van der Waals surface area contributed by atoms with Gasteiger partial charge in [-0.1, -0.05) is 18.2 Å². The molecule has 0 aliphatic carbocycles. The molecule has 174 valence electrons. The Balaban J connectivity index is 1.29. The molecule has 7 heteroatoms. The van der Waals surface area contributed by atoms with E-state index in [9.17, 15) is 19.5 Å². The fourth-order valence-corrected chi connectivity index (χ4v) is 4.84. The zero-order valence-corrected chi connectivity index (χ0v) is 19.0. The molecule has 0 radical (unpaired) electrons. The summed E-state index contributed by atoms with van der Waals surface area (Å²) in [4.78, 5) is 39.9. The number of benzene rings is 2. The summed E-state index contributed by atoms with van der Waals surface area (Å²) in [6.07, 6.45) is 3.43. The third-order valence-electron chi connectivity index (χ3n) is 6.53. The van der Waals surface area contributed by atoms with Gasteiger partial charge in [0.1, 0.15) is 5.75 Å². The Morgan fingerprint density at radius 3 is 2.70 bits per heavy atom. The maximum atomic E-state index is 12.8. The normalized spacial score (nSPS) is 14.2. The molecule has 0 unspecified atom stereocenters. The molecule has 33 heavy (non-hydrogen) atoms. The van der Waals surface area contributed by atoms with Crippen molar-refractivity contribution in [1.82, 2.24) is 4.90 Å². The fraction of sp³-hybridized carbons (Fsp3) is 0.423. The summed E-state index contributed by atoms with van der Waals surface area (Å²) in [5.41, 5.74) is 4.73. The molecule has 0 fully saturated rings. The second-order valence-corrected chi connectivity index (χ2v) is 8.68. The van der Waals surface area contributed by atoms with Gasteiger partial charge in [-0.2, -0.15) is 0 Å². The number of carbonyl (C=O) groups excluding carboxylic acids is 2. The first-order chi connectivity index (χ1) is 16.0. The molecule has 2 aliphatic heterocycles. The van der Waals surface area contributed by atoms with E-state index in [1.54, 1.807) is 7.11 Å². The number of hydrogen-bond donors (Lipinski definition) is 1. The van der Waals surface area contributed by atoms with Crippen LogP contribution in [0.3, 0.4) is 0 Å². The molecule has 0 saturated carbocycles. The molecule has 0 saturated heterocycles. The highest BCUT2D eigenvalue weighted by Gasteiger charge is 2.32. The van der Waals surface area contributed by atoms with E-state index in [1.165, 1.54) is 4.90 Å². The lowest BCUT2D eigenvalue weighted by Gasteiger charge is -2.25. The summed E-state index contributed by atoms with van der Waals surface area (Å²) in [6, 6.07) is 11.4. The Morgan fingerprint density at radius 1 is 1.12 bits per heavy atom. The van der Waals surface area contributed by atoms with E-state index in [0.717, 1.165) is 47.5 Å². The van der Waals surface area contributed by atoms with Crippen LogP contribution >= 0.6 is 0 Å². The molecule has 2 amide bonds. The van der Waals surface area contributed by atoms with Crippen molar-refractivity contribution in [3.63, 3.8) is 0 Å². The van der Waals surface area contributed by atoms with E-state index in [2.05, 4.69) is 0 Å². The smallest absolute Gasteiger partial charge is 0.407 e. The van der Waals surface area contributed by atoms with Crippen molar-refractivity contribution in [1.29, 1.82) is 0 Å². The molecule has 0 aromatic heterocycles. The van der Waals surface area contributed by atoms with Crippen molar-refractivity contribution in [3.8, 4) is 5.75 Å². The number of rotatable bonds is 10. The molecule has 7 nitrogen and oxygen atoms in total. The van der Waals surface area contributed by atoms with Gasteiger partial charge in [0, 0.05) is 31.6 Å². The van der Waals surface area contributed by atoms with Gasteiger partial charge in [-0.3, -0.25) is 9.59 Å². The average molecular weight is 451 g/mol. The minimum Gasteiger partial charge on any atom is -0.496 e. The Hall–Kier alpha value is -3.35. The van der Waals surface area contributed by atoms with Crippen LogP contribution in [0.2, 0.25) is 0 Å². The predicted octanol–water partition coefficient (Wildman–Crippen LogP) is 4.11. The van der Waals surface area contributed by atoms with Crippen LogP contribution < -0.4 is 9.64 Å². The number of carboxylic acid groups (broad SMARTS) is 1. The fourth-order valence-electron chi connectivity index (χ4n) is 4.84. The third-order valence-corrected chi connectivity index (χ3v) is 6.53. The molecular formula is C26H30N2O5. The van der Waals surface area contributed by atoms with Crippen molar-refractivity contribution in [2.45, 2.75) is 44.9 Å². The van der Waals surface area contributed by atoms with Crippen molar-refractivity contribution < 1.29 is 24.2 Å². The second kappa shape index (κ2) is 10.1. The van der Waals surface area contributed by atoms with E-state index < -0.39 is 6.09 Å². The topological polar surface area (TPSA) is 87.2 Å². The van der Waals surface area contributed by atoms with E-state index in [4.69, 9.17) is 4.74 Å². The van der Waals surface area contributed by atoms with Crippen LogP contribution in [0.25, 0.3) is 0 Å². The molecule has 4 rings (SSSR count). The van der Waals surface area contributed by atoms with Crippen LogP contribution in [0.1, 0.15) is 52.7 Å². The van der Waals surface area contributed by atoms with E-state index in [0.29, 0.717) is 50.8 Å². The number of anilines is 1. The number of ketones is 1. The summed E-state index contributed by atoms with van der Waals surface area (Å²) in [5.74, 6) is 0.936. The van der Waals surface area contributed by atoms with Gasteiger partial charge in [0.2, 0.25) is 5.91 Å². The number of amides is 2. The minimum atomic E-state index is -0.955. The largest absolute Gasteiger partial charge is 0.496 e. The number of ether oxygens (including phenoxy) is 1. The van der Waals surface area contributed by atoms with Gasteiger partial charge in [-0.05, 0) is 67.0 Å². The number of Topliss-reactive ketones (excluding diaryl/α,β-unsaturated/α-hetero) is 1. The number of para-hydroxylation sites is 1. The maximum Gasteiger partial charge on any atom is 0.407 e. The molecule has 2 aromatic carbocycles. The number of nitrogens with zero attached hydrogens (tertiary/aromatic N) is 2. The van der Waals surface area contributed by atoms with Crippen LogP contribution in [0, 0.1) is 0 Å². The van der Waals surface area contributed by atoms with Crippen molar-refractivity contribution in [2.75, 3.05) is 31.6 Å². The molecule has 0 spiro atoms. The van der Waals surface area contributed by atoms with Gasteiger partial charge < -0.3 is 19.6 Å². The number of carbonyl (C=O) groups is 3. The zero-order valence-electron chi connectivity index (χ0n) is 19.0. The Bertz CT molecular complexity index is 1060. The summed E-state index contributed by atoms with van der Waals surface area (Å²) in [5, 5.41) is 9.56. The van der Waals surface area contributed by atoms with Crippen LogP contribution in [-0.4, -0.2) is 54.5 Å². The first-order valence-electron chi connectivity index (χ1n) is 11.6. The van der Waals surface area contributed by atoms with Gasteiger partial charge in [0.15, 0.2) is 5.78 Å². The lowest BCUT2D eigenvalue weighted by Crippen LogP contribution is -2.32.